The predicted molar refractivity (Wildman–Crippen MR) is 114 cm³/mol. The zero-order valence-corrected chi connectivity index (χ0v) is 16.3. The van der Waals surface area contributed by atoms with Gasteiger partial charge in [0.2, 0.25) is 0 Å². The molecule has 4 rings (SSSR count). The van der Waals surface area contributed by atoms with Crippen molar-refractivity contribution in [2.24, 2.45) is 0 Å². The summed E-state index contributed by atoms with van der Waals surface area (Å²) >= 11 is 1.66. The molecular formula is C22H22N4S. The van der Waals surface area contributed by atoms with E-state index in [-0.39, 0.29) is 0 Å². The molecule has 1 N–H and O–H groups in total. The highest BCUT2D eigenvalue weighted by Gasteiger charge is 2.12. The first-order chi connectivity index (χ1) is 13.2. The van der Waals surface area contributed by atoms with E-state index in [2.05, 4.69) is 88.2 Å². The van der Waals surface area contributed by atoms with Crippen molar-refractivity contribution in [1.29, 1.82) is 0 Å². The molecule has 0 radical (unpaired) electrons. The maximum Gasteiger partial charge on any atom is 0.139 e. The van der Waals surface area contributed by atoms with Crippen molar-refractivity contribution in [3.8, 4) is 11.1 Å². The number of hydrogen-bond donors (Lipinski definition) is 1. The Morgan fingerprint density at radius 1 is 0.926 bits per heavy atom. The lowest BCUT2D eigenvalue weighted by Crippen LogP contribution is -2.10. The molecule has 0 bridgehead atoms. The summed E-state index contributed by atoms with van der Waals surface area (Å²) in [6, 6.07) is 19.1. The first kappa shape index (κ1) is 17.6. The summed E-state index contributed by atoms with van der Waals surface area (Å²) in [7, 11) is 4.17. The highest BCUT2D eigenvalue weighted by atomic mass is 32.1. The predicted octanol–water partition coefficient (Wildman–Crippen LogP) is 5.03. The van der Waals surface area contributed by atoms with Gasteiger partial charge >= 0.3 is 0 Å². The van der Waals surface area contributed by atoms with Crippen molar-refractivity contribution in [1.82, 2.24) is 14.9 Å². The number of rotatable bonds is 6. The van der Waals surface area contributed by atoms with Gasteiger partial charge in [0.05, 0.1) is 5.39 Å². The molecule has 0 aliphatic carbocycles. The molecule has 0 amide bonds. The second kappa shape index (κ2) is 7.86. The average Bonchev–Trinajstić information content (AvgIpc) is 3.12. The number of nitrogens with one attached hydrogen (secondary N) is 1. The number of hydrogen-bond acceptors (Lipinski definition) is 5. The van der Waals surface area contributed by atoms with E-state index in [4.69, 9.17) is 0 Å². The second-order valence-electron chi connectivity index (χ2n) is 6.83. The van der Waals surface area contributed by atoms with Gasteiger partial charge in [-0.25, -0.2) is 9.97 Å². The van der Waals surface area contributed by atoms with Crippen LogP contribution in [0, 0.1) is 0 Å². The van der Waals surface area contributed by atoms with E-state index >= 15 is 0 Å². The van der Waals surface area contributed by atoms with Gasteiger partial charge in [0.1, 0.15) is 17.0 Å². The lowest BCUT2D eigenvalue weighted by molar-refractivity contribution is 0.402. The van der Waals surface area contributed by atoms with Crippen molar-refractivity contribution >= 4 is 27.4 Å². The van der Waals surface area contributed by atoms with Gasteiger partial charge in [-0.1, -0.05) is 54.6 Å². The van der Waals surface area contributed by atoms with Crippen LogP contribution in [0.1, 0.15) is 11.1 Å². The molecular weight excluding hydrogens is 352 g/mol. The Hall–Kier alpha value is -2.76. The summed E-state index contributed by atoms with van der Waals surface area (Å²) < 4.78 is 0. The molecule has 0 aliphatic heterocycles. The van der Waals surface area contributed by atoms with E-state index < -0.39 is 0 Å². The zero-order chi connectivity index (χ0) is 18.6. The van der Waals surface area contributed by atoms with Gasteiger partial charge in [0.15, 0.2) is 0 Å². The Balaban J connectivity index is 1.58. The lowest BCUT2D eigenvalue weighted by Gasteiger charge is -2.11. The standard InChI is InChI=1S/C22H22N4S/c1-26(2)13-17-10-8-16(9-11-17)12-23-21-20-19(18-6-4-3-5-7-18)14-27-22(20)25-15-24-21/h3-11,14-15H,12-13H2,1-2H3,(H,23,24,25). The molecule has 27 heavy (non-hydrogen) atoms. The minimum Gasteiger partial charge on any atom is -0.365 e. The smallest absolute Gasteiger partial charge is 0.139 e. The van der Waals surface area contributed by atoms with Gasteiger partial charge in [0.25, 0.3) is 0 Å². The van der Waals surface area contributed by atoms with E-state index in [1.807, 2.05) is 6.07 Å². The number of nitrogens with zero attached hydrogens (tertiary/aromatic N) is 3. The minimum atomic E-state index is 0.735. The molecule has 2 aromatic heterocycles. The van der Waals surface area contributed by atoms with Crippen LogP contribution in [-0.2, 0) is 13.1 Å². The van der Waals surface area contributed by atoms with Crippen LogP contribution in [0.2, 0.25) is 0 Å². The number of benzene rings is 2. The van der Waals surface area contributed by atoms with Crippen LogP contribution < -0.4 is 5.32 Å². The first-order valence-electron chi connectivity index (χ1n) is 8.95. The van der Waals surface area contributed by atoms with E-state index in [1.54, 1.807) is 17.7 Å². The fourth-order valence-corrected chi connectivity index (χ4v) is 4.07. The first-order valence-corrected chi connectivity index (χ1v) is 9.83. The van der Waals surface area contributed by atoms with E-state index in [0.717, 1.165) is 29.1 Å². The Morgan fingerprint density at radius 3 is 2.41 bits per heavy atom. The molecule has 4 nitrogen and oxygen atoms in total. The lowest BCUT2D eigenvalue weighted by atomic mass is 10.1. The summed E-state index contributed by atoms with van der Waals surface area (Å²) in [4.78, 5) is 12.1. The highest BCUT2D eigenvalue weighted by molar-refractivity contribution is 7.17. The van der Waals surface area contributed by atoms with Crippen molar-refractivity contribution < 1.29 is 0 Å². The van der Waals surface area contributed by atoms with Crippen molar-refractivity contribution in [2.75, 3.05) is 19.4 Å². The van der Waals surface area contributed by atoms with Crippen LogP contribution in [0.25, 0.3) is 21.3 Å². The number of fused-ring (bicyclic) bond motifs is 1. The molecule has 0 aliphatic rings. The SMILES string of the molecule is CN(C)Cc1ccc(CNc2ncnc3scc(-c4ccccc4)c23)cc1. The maximum absolute atomic E-state index is 4.52. The molecule has 2 aromatic carbocycles. The number of thiophene rings is 1. The molecule has 0 fully saturated rings. The van der Waals surface area contributed by atoms with Crippen LogP contribution in [0.15, 0.2) is 66.3 Å². The number of aromatic nitrogens is 2. The fraction of sp³-hybridized carbons (Fsp3) is 0.182. The van der Waals surface area contributed by atoms with Crippen LogP contribution in [0.4, 0.5) is 5.82 Å². The maximum atomic E-state index is 4.52. The fourth-order valence-electron chi connectivity index (χ4n) is 3.15. The summed E-state index contributed by atoms with van der Waals surface area (Å²) in [6.45, 7) is 1.69. The normalized spacial score (nSPS) is 11.2. The molecule has 0 atom stereocenters. The van der Waals surface area contributed by atoms with Gasteiger partial charge in [-0.15, -0.1) is 11.3 Å². The molecule has 0 spiro atoms. The van der Waals surface area contributed by atoms with Gasteiger partial charge in [-0.3, -0.25) is 0 Å². The van der Waals surface area contributed by atoms with Crippen LogP contribution >= 0.6 is 11.3 Å². The highest BCUT2D eigenvalue weighted by Crippen LogP contribution is 2.36. The Kier molecular flexibility index (Phi) is 5.14. The molecule has 0 saturated carbocycles. The Bertz CT molecular complexity index is 1020. The quantitative estimate of drug-likeness (QED) is 0.514. The third-order valence-corrected chi connectivity index (χ3v) is 5.32. The van der Waals surface area contributed by atoms with Gasteiger partial charge in [-0.2, -0.15) is 0 Å². The monoisotopic (exact) mass is 374 g/mol. The second-order valence-corrected chi connectivity index (χ2v) is 7.68. The minimum absolute atomic E-state index is 0.735. The van der Waals surface area contributed by atoms with Crippen LogP contribution in [0.3, 0.4) is 0 Å². The molecule has 0 saturated heterocycles. The largest absolute Gasteiger partial charge is 0.365 e. The summed E-state index contributed by atoms with van der Waals surface area (Å²) in [5, 5.41) is 6.76. The molecule has 4 aromatic rings. The summed E-state index contributed by atoms with van der Waals surface area (Å²) in [5.41, 5.74) is 4.92. The Labute approximate surface area is 163 Å². The molecule has 2 heterocycles. The van der Waals surface area contributed by atoms with Crippen LogP contribution in [-0.4, -0.2) is 29.0 Å². The van der Waals surface area contributed by atoms with E-state index in [1.165, 1.54) is 22.3 Å². The van der Waals surface area contributed by atoms with Crippen LogP contribution in [0.5, 0.6) is 0 Å². The Morgan fingerprint density at radius 2 is 1.67 bits per heavy atom. The van der Waals surface area contributed by atoms with Crippen molar-refractivity contribution in [3.63, 3.8) is 0 Å². The van der Waals surface area contributed by atoms with Crippen molar-refractivity contribution in [3.05, 3.63) is 77.4 Å². The third kappa shape index (κ3) is 3.99. The topological polar surface area (TPSA) is 41.0 Å². The zero-order valence-electron chi connectivity index (χ0n) is 15.5. The molecule has 136 valence electrons. The summed E-state index contributed by atoms with van der Waals surface area (Å²) in [5.74, 6) is 0.887. The third-order valence-electron chi connectivity index (χ3n) is 4.44. The molecule has 5 heteroatoms. The number of anilines is 1. The van der Waals surface area contributed by atoms with E-state index in [9.17, 15) is 0 Å². The molecule has 0 unspecified atom stereocenters. The van der Waals surface area contributed by atoms with E-state index in [0.29, 0.717) is 0 Å². The van der Waals surface area contributed by atoms with Gasteiger partial charge in [-0.05, 0) is 30.8 Å². The summed E-state index contributed by atoms with van der Waals surface area (Å²) in [6.07, 6.45) is 1.64. The van der Waals surface area contributed by atoms with Gasteiger partial charge in [0, 0.05) is 24.0 Å². The average molecular weight is 375 g/mol. The van der Waals surface area contributed by atoms with Crippen molar-refractivity contribution in [2.45, 2.75) is 13.1 Å². The van der Waals surface area contributed by atoms with Gasteiger partial charge < -0.3 is 10.2 Å².